The van der Waals surface area contributed by atoms with Gasteiger partial charge >= 0.3 is 0 Å². The van der Waals surface area contributed by atoms with Gasteiger partial charge in [-0.1, -0.05) is 17.7 Å². The van der Waals surface area contributed by atoms with Gasteiger partial charge in [-0.05, 0) is 26.0 Å². The van der Waals surface area contributed by atoms with Gasteiger partial charge in [-0.3, -0.25) is 0 Å². The van der Waals surface area contributed by atoms with E-state index >= 15 is 0 Å². The molecule has 100 valence electrons. The van der Waals surface area contributed by atoms with Crippen LogP contribution in [-0.2, 0) is 0 Å². The average molecular weight is 281 g/mol. The molecule has 4 nitrogen and oxygen atoms in total. The SMILES string of the molecule is CCNc1nc(C)cc(Nc2c(F)cccc2Cl)n1. The lowest BCUT2D eigenvalue weighted by molar-refractivity contribution is 0.632. The molecule has 6 heteroatoms. The molecule has 2 aromatic rings. The first-order valence-electron chi connectivity index (χ1n) is 5.90. The fraction of sp³-hybridized carbons (Fsp3) is 0.231. The highest BCUT2D eigenvalue weighted by Crippen LogP contribution is 2.27. The second kappa shape index (κ2) is 5.84. The third-order valence-electron chi connectivity index (χ3n) is 2.40. The smallest absolute Gasteiger partial charge is 0.224 e. The average Bonchev–Trinajstić information content (AvgIpc) is 2.34. The second-order valence-corrected chi connectivity index (χ2v) is 4.38. The normalized spacial score (nSPS) is 10.3. The summed E-state index contributed by atoms with van der Waals surface area (Å²) in [4.78, 5) is 8.46. The van der Waals surface area contributed by atoms with E-state index in [2.05, 4.69) is 20.6 Å². The Bertz CT molecular complexity index is 569. The Morgan fingerprint density at radius 3 is 2.79 bits per heavy atom. The Kier molecular flexibility index (Phi) is 4.16. The number of hydrogen-bond donors (Lipinski definition) is 2. The molecular formula is C13H14ClFN4. The molecule has 0 aliphatic carbocycles. The lowest BCUT2D eigenvalue weighted by Crippen LogP contribution is -2.06. The van der Waals surface area contributed by atoms with E-state index < -0.39 is 5.82 Å². The summed E-state index contributed by atoms with van der Waals surface area (Å²) in [5.74, 6) is 0.571. The first-order valence-corrected chi connectivity index (χ1v) is 6.28. The van der Waals surface area contributed by atoms with Gasteiger partial charge in [0.25, 0.3) is 0 Å². The molecule has 0 atom stereocenters. The van der Waals surface area contributed by atoms with E-state index in [9.17, 15) is 4.39 Å². The van der Waals surface area contributed by atoms with Crippen molar-refractivity contribution in [2.75, 3.05) is 17.2 Å². The molecule has 0 bridgehead atoms. The molecule has 19 heavy (non-hydrogen) atoms. The van der Waals surface area contributed by atoms with Crippen LogP contribution in [0.15, 0.2) is 24.3 Å². The quantitative estimate of drug-likeness (QED) is 0.895. The summed E-state index contributed by atoms with van der Waals surface area (Å²) in [5, 5.41) is 6.20. The summed E-state index contributed by atoms with van der Waals surface area (Å²) in [7, 11) is 0. The highest BCUT2D eigenvalue weighted by atomic mass is 35.5. The minimum Gasteiger partial charge on any atom is -0.354 e. The molecular weight excluding hydrogens is 267 g/mol. The van der Waals surface area contributed by atoms with Crippen molar-refractivity contribution in [2.45, 2.75) is 13.8 Å². The second-order valence-electron chi connectivity index (χ2n) is 3.97. The van der Waals surface area contributed by atoms with Crippen molar-refractivity contribution in [3.8, 4) is 0 Å². The maximum absolute atomic E-state index is 13.7. The molecule has 0 fully saturated rings. The number of benzene rings is 1. The van der Waals surface area contributed by atoms with Gasteiger partial charge in [0.2, 0.25) is 5.95 Å². The molecule has 2 rings (SSSR count). The van der Waals surface area contributed by atoms with E-state index in [1.807, 2.05) is 13.8 Å². The number of rotatable bonds is 4. The van der Waals surface area contributed by atoms with E-state index in [0.29, 0.717) is 23.3 Å². The van der Waals surface area contributed by atoms with Gasteiger partial charge in [0.15, 0.2) is 0 Å². The number of aromatic nitrogens is 2. The van der Waals surface area contributed by atoms with E-state index in [1.54, 1.807) is 18.2 Å². The summed E-state index contributed by atoms with van der Waals surface area (Å²) in [6.45, 7) is 4.51. The number of aryl methyl sites for hydroxylation is 1. The van der Waals surface area contributed by atoms with Crippen LogP contribution >= 0.6 is 11.6 Å². The van der Waals surface area contributed by atoms with E-state index in [0.717, 1.165) is 5.69 Å². The zero-order valence-corrected chi connectivity index (χ0v) is 11.4. The monoisotopic (exact) mass is 280 g/mol. The number of para-hydroxylation sites is 1. The Labute approximate surface area is 116 Å². The predicted octanol–water partition coefficient (Wildman–Crippen LogP) is 3.75. The molecule has 2 N–H and O–H groups in total. The third-order valence-corrected chi connectivity index (χ3v) is 2.72. The van der Waals surface area contributed by atoms with Crippen LogP contribution in [0.4, 0.5) is 21.8 Å². The van der Waals surface area contributed by atoms with E-state index in [1.165, 1.54) is 6.07 Å². The van der Waals surface area contributed by atoms with Crippen LogP contribution in [0.2, 0.25) is 5.02 Å². The molecule has 0 aliphatic heterocycles. The molecule has 0 amide bonds. The Hall–Kier alpha value is -1.88. The molecule has 1 aromatic heterocycles. The molecule has 0 spiro atoms. The number of nitrogens with one attached hydrogen (secondary N) is 2. The van der Waals surface area contributed by atoms with E-state index in [4.69, 9.17) is 11.6 Å². The van der Waals surface area contributed by atoms with Crippen molar-refractivity contribution in [2.24, 2.45) is 0 Å². The summed E-state index contributed by atoms with van der Waals surface area (Å²) < 4.78 is 13.7. The van der Waals surface area contributed by atoms with Gasteiger partial charge < -0.3 is 10.6 Å². The Morgan fingerprint density at radius 1 is 1.32 bits per heavy atom. The van der Waals surface area contributed by atoms with Crippen molar-refractivity contribution < 1.29 is 4.39 Å². The van der Waals surface area contributed by atoms with Crippen LogP contribution in [0.1, 0.15) is 12.6 Å². The number of nitrogens with zero attached hydrogens (tertiary/aromatic N) is 2. The lowest BCUT2D eigenvalue weighted by Gasteiger charge is -2.10. The molecule has 0 saturated carbocycles. The number of halogens is 2. The highest BCUT2D eigenvalue weighted by Gasteiger charge is 2.09. The molecule has 0 saturated heterocycles. The van der Waals surface area contributed by atoms with Crippen LogP contribution in [0.5, 0.6) is 0 Å². The lowest BCUT2D eigenvalue weighted by atomic mass is 10.3. The summed E-state index contributed by atoms with van der Waals surface area (Å²) >= 11 is 5.96. The Morgan fingerprint density at radius 2 is 2.11 bits per heavy atom. The van der Waals surface area contributed by atoms with Crippen molar-refractivity contribution in [1.29, 1.82) is 0 Å². The fourth-order valence-electron chi connectivity index (χ4n) is 1.62. The maximum atomic E-state index is 13.7. The van der Waals surface area contributed by atoms with Crippen molar-refractivity contribution in [3.05, 3.63) is 40.8 Å². The minimum atomic E-state index is -0.422. The third kappa shape index (κ3) is 3.32. The van der Waals surface area contributed by atoms with Crippen molar-refractivity contribution in [3.63, 3.8) is 0 Å². The Balaban J connectivity index is 2.33. The van der Waals surface area contributed by atoms with Gasteiger partial charge in [-0.2, -0.15) is 4.98 Å². The first-order chi connectivity index (χ1) is 9.10. The van der Waals surface area contributed by atoms with Crippen molar-refractivity contribution in [1.82, 2.24) is 9.97 Å². The predicted molar refractivity (Wildman–Crippen MR) is 75.6 cm³/mol. The van der Waals surface area contributed by atoms with Crippen molar-refractivity contribution >= 4 is 29.1 Å². The van der Waals surface area contributed by atoms with Gasteiger partial charge in [-0.25, -0.2) is 9.37 Å². The van der Waals surface area contributed by atoms with Crippen LogP contribution < -0.4 is 10.6 Å². The van der Waals surface area contributed by atoms with Gasteiger partial charge in [0.05, 0.1) is 10.7 Å². The maximum Gasteiger partial charge on any atom is 0.224 e. The highest BCUT2D eigenvalue weighted by molar-refractivity contribution is 6.33. The van der Waals surface area contributed by atoms with Gasteiger partial charge in [0.1, 0.15) is 11.6 Å². The molecule has 0 aliphatic rings. The first kappa shape index (κ1) is 13.5. The summed E-state index contributed by atoms with van der Waals surface area (Å²) in [5.41, 5.74) is 0.991. The molecule has 0 radical (unpaired) electrons. The number of hydrogen-bond acceptors (Lipinski definition) is 4. The topological polar surface area (TPSA) is 49.8 Å². The van der Waals surface area contributed by atoms with Crippen LogP contribution in [-0.4, -0.2) is 16.5 Å². The molecule has 1 aromatic carbocycles. The summed E-state index contributed by atoms with van der Waals surface area (Å²) in [6.07, 6.45) is 0. The number of anilines is 3. The molecule has 0 unspecified atom stereocenters. The zero-order valence-electron chi connectivity index (χ0n) is 10.7. The van der Waals surface area contributed by atoms with Gasteiger partial charge in [0, 0.05) is 18.3 Å². The van der Waals surface area contributed by atoms with Crippen LogP contribution in [0, 0.1) is 12.7 Å². The largest absolute Gasteiger partial charge is 0.354 e. The minimum absolute atomic E-state index is 0.213. The molecule has 1 heterocycles. The van der Waals surface area contributed by atoms with Crippen LogP contribution in [0.25, 0.3) is 0 Å². The summed E-state index contributed by atoms with van der Waals surface area (Å²) in [6, 6.07) is 6.24. The van der Waals surface area contributed by atoms with Crippen LogP contribution in [0.3, 0.4) is 0 Å². The zero-order chi connectivity index (χ0) is 13.8. The standard InChI is InChI=1S/C13H14ClFN4/c1-3-16-13-17-8(2)7-11(19-13)18-12-9(14)5-4-6-10(12)15/h4-7H,3H2,1-2H3,(H2,16,17,18,19). The fourth-order valence-corrected chi connectivity index (χ4v) is 1.83. The van der Waals surface area contributed by atoms with E-state index in [-0.39, 0.29) is 5.69 Å². The van der Waals surface area contributed by atoms with Gasteiger partial charge in [-0.15, -0.1) is 0 Å².